The van der Waals surface area contributed by atoms with Gasteiger partial charge in [0.2, 0.25) is 41.4 Å². The average molecular weight is 1290 g/mol. The van der Waals surface area contributed by atoms with E-state index in [0.29, 0.717) is 49.9 Å². The number of benzene rings is 2. The quantitative estimate of drug-likeness (QED) is 0.0315. The molecule has 11 atom stereocenters. The van der Waals surface area contributed by atoms with Crippen LogP contribution in [0.25, 0.3) is 0 Å². The van der Waals surface area contributed by atoms with Crippen LogP contribution in [0.4, 0.5) is 15.3 Å². The van der Waals surface area contributed by atoms with E-state index < -0.39 is 95.9 Å². The van der Waals surface area contributed by atoms with E-state index in [9.17, 15) is 52.7 Å². The first-order chi connectivity index (χ1) is 43.6. The highest BCUT2D eigenvalue weighted by molar-refractivity contribution is 6.12. The first-order valence-electron chi connectivity index (χ1n) is 32.3. The number of rotatable bonds is 37. The summed E-state index contributed by atoms with van der Waals surface area (Å²) in [6.07, 6.45) is 4.16. The van der Waals surface area contributed by atoms with Gasteiger partial charge in [-0.3, -0.25) is 53.0 Å². The van der Waals surface area contributed by atoms with E-state index >= 15 is 0 Å². The van der Waals surface area contributed by atoms with Gasteiger partial charge in [-0.15, -0.1) is 0 Å². The van der Waals surface area contributed by atoms with Gasteiger partial charge in [0.1, 0.15) is 30.8 Å². The lowest BCUT2D eigenvalue weighted by Gasteiger charge is -2.41. The number of likely N-dealkylation sites (tertiary alicyclic amines) is 1. The van der Waals surface area contributed by atoms with Crippen molar-refractivity contribution in [2.45, 2.75) is 195 Å². The van der Waals surface area contributed by atoms with Gasteiger partial charge in [-0.1, -0.05) is 118 Å². The number of nitrogens with zero attached hydrogens (tertiary/aromatic N) is 4. The number of hydrogen-bond acceptors (Lipinski definition) is 14. The standard InChI is InChI=1S/C67H103N11O14/c1-15-43(8)59(51(90-13)38-55(82)77-37-23-27-50(77)60(91-14)44(9)61(83)70-45(10)47-24-18-16-19-25-47)75(11)65(87)57(41(4)5)74-64(86)58(42(6)7)76(12)67(89)92-39-46-29-31-48(32-30-46)71-62(84)49(26-22-35-69-66(68)88)72-63(85)56(40(2)3)73-52(79)28-20-17-21-36-78-53(80)33-34-54(78)81/h16,18-19,24-25,29-34,40-45,49-51,56-60H,15,17,20-23,26-28,35-39H2,1-14H3,(H,70,83)(H,71,84)(H,72,85)(H,73,79)(H,74,86)(H3,68,69,88)/t43-,44+,45+,49-,50-,51+,56-,57-,58-,59-,60+/m0/s1. The van der Waals surface area contributed by atoms with Crippen LogP contribution < -0.4 is 37.6 Å². The predicted octanol–water partition coefficient (Wildman–Crippen LogP) is 5.72. The Balaban J connectivity index is 1.37. The molecule has 92 heavy (non-hydrogen) atoms. The number of nitrogens with two attached hydrogens (primary N) is 1. The molecule has 510 valence electrons. The molecule has 25 nitrogen and oxygen atoms in total. The molecular formula is C67H103N11O14. The smallest absolute Gasteiger partial charge is 0.410 e. The number of primary amides is 1. The molecule has 25 heteroatoms. The summed E-state index contributed by atoms with van der Waals surface area (Å²) in [5.74, 6) is -5.64. The molecule has 1 saturated heterocycles. The number of carbonyl (C=O) groups is 11. The number of hydrogen-bond donors (Lipinski definition) is 7. The fraction of sp³-hybridized carbons (Fsp3) is 0.627. The highest BCUT2D eigenvalue weighted by atomic mass is 16.6. The molecule has 2 aromatic carbocycles. The lowest BCUT2D eigenvalue weighted by Crippen LogP contribution is -2.60. The maximum atomic E-state index is 14.8. The monoisotopic (exact) mass is 1290 g/mol. The SMILES string of the molecule is CC[C@H](C)[C@@H]([C@@H](CC(=O)N1CCC[C@H]1[C@H](OC)[C@@H](C)C(=O)N[C@H](C)c1ccccc1)OC)N(C)C(=O)[C@@H](NC(=O)[C@H](C(C)C)N(C)C(=O)OCc1ccc(NC(=O)[C@H](CCCNC(N)=O)NC(=O)[C@@H](NC(=O)CCCCCN2C(=O)C=CC2=O)C(C)C)cc1)C(C)C. The molecule has 8 N–H and O–H groups in total. The number of imide groups is 1. The summed E-state index contributed by atoms with van der Waals surface area (Å²) in [7, 11) is 6.16. The van der Waals surface area contributed by atoms with Crippen LogP contribution in [0, 0.1) is 29.6 Å². The summed E-state index contributed by atoms with van der Waals surface area (Å²) in [5.41, 5.74) is 7.08. The number of likely N-dealkylation sites (N-methyl/N-ethyl adjacent to an activating group) is 2. The van der Waals surface area contributed by atoms with Crippen LogP contribution in [0.3, 0.4) is 0 Å². The zero-order valence-electron chi connectivity index (χ0n) is 56.4. The summed E-state index contributed by atoms with van der Waals surface area (Å²) in [4.78, 5) is 152. The molecule has 0 saturated carbocycles. The zero-order chi connectivity index (χ0) is 68.5. The summed E-state index contributed by atoms with van der Waals surface area (Å²) >= 11 is 0. The number of unbranched alkanes of at least 4 members (excludes halogenated alkanes) is 2. The molecular weight excluding hydrogens is 1180 g/mol. The molecule has 0 spiro atoms. The molecule has 0 unspecified atom stereocenters. The Bertz CT molecular complexity index is 2820. The van der Waals surface area contributed by atoms with E-state index in [1.54, 1.807) is 75.9 Å². The molecule has 0 radical (unpaired) electrons. The van der Waals surface area contributed by atoms with E-state index in [1.807, 2.05) is 71.9 Å². The van der Waals surface area contributed by atoms with Gasteiger partial charge in [0.15, 0.2) is 0 Å². The number of anilines is 1. The van der Waals surface area contributed by atoms with Crippen LogP contribution in [-0.4, -0.2) is 181 Å². The highest BCUT2D eigenvalue weighted by Crippen LogP contribution is 2.31. The maximum Gasteiger partial charge on any atom is 0.410 e. The molecule has 1 fully saturated rings. The molecule has 2 aliphatic heterocycles. The van der Waals surface area contributed by atoms with Crippen LogP contribution in [0.5, 0.6) is 0 Å². The molecule has 2 aliphatic rings. The molecule has 0 bridgehead atoms. The minimum atomic E-state index is -1.11. The Morgan fingerprint density at radius 1 is 0.696 bits per heavy atom. The third-order valence-corrected chi connectivity index (χ3v) is 17.4. The Morgan fingerprint density at radius 2 is 1.34 bits per heavy atom. The number of amides is 12. The molecule has 2 heterocycles. The molecule has 2 aromatic rings. The first-order valence-corrected chi connectivity index (χ1v) is 32.3. The minimum Gasteiger partial charge on any atom is -0.445 e. The van der Waals surface area contributed by atoms with Crippen LogP contribution in [0.15, 0.2) is 66.7 Å². The third-order valence-electron chi connectivity index (χ3n) is 17.4. The number of urea groups is 1. The maximum absolute atomic E-state index is 14.8. The number of ether oxygens (including phenoxy) is 3. The number of nitrogens with one attached hydrogen (secondary N) is 6. The normalized spacial score (nSPS) is 17.2. The van der Waals surface area contributed by atoms with Gasteiger partial charge in [-0.2, -0.15) is 0 Å². The van der Waals surface area contributed by atoms with Gasteiger partial charge in [0.25, 0.3) is 11.8 Å². The summed E-state index contributed by atoms with van der Waals surface area (Å²) in [5, 5.41) is 16.8. The second kappa shape index (κ2) is 37.5. The Morgan fingerprint density at radius 3 is 1.91 bits per heavy atom. The van der Waals surface area contributed by atoms with Gasteiger partial charge >= 0.3 is 12.1 Å². The van der Waals surface area contributed by atoms with Gasteiger partial charge in [-0.25, -0.2) is 9.59 Å². The Labute approximate surface area is 543 Å². The molecule has 0 aliphatic carbocycles. The second-order valence-corrected chi connectivity index (χ2v) is 25.3. The minimum absolute atomic E-state index is 0.0599. The molecule has 4 rings (SSSR count). The highest BCUT2D eigenvalue weighted by Gasteiger charge is 2.44. The van der Waals surface area contributed by atoms with E-state index in [2.05, 4.69) is 31.9 Å². The lowest BCUT2D eigenvalue weighted by molar-refractivity contribution is -0.148. The van der Waals surface area contributed by atoms with Crippen LogP contribution in [0.1, 0.15) is 151 Å². The topological polar surface area (TPSA) is 327 Å². The predicted molar refractivity (Wildman–Crippen MR) is 347 cm³/mol. The van der Waals surface area contributed by atoms with Gasteiger partial charge in [0.05, 0.1) is 42.7 Å². The van der Waals surface area contributed by atoms with Crippen LogP contribution in [-0.2, 0) is 64.0 Å². The second-order valence-electron chi connectivity index (χ2n) is 25.3. The van der Waals surface area contributed by atoms with Gasteiger partial charge < -0.3 is 61.6 Å². The van der Waals surface area contributed by atoms with E-state index in [4.69, 9.17) is 19.9 Å². The van der Waals surface area contributed by atoms with Crippen molar-refractivity contribution in [2.75, 3.05) is 53.3 Å². The van der Waals surface area contributed by atoms with Crippen LogP contribution >= 0.6 is 0 Å². The van der Waals surface area contributed by atoms with Crippen molar-refractivity contribution in [3.63, 3.8) is 0 Å². The Hall–Kier alpha value is -7.93. The Kier molecular flexibility index (Phi) is 31.2. The first kappa shape index (κ1) is 76.5. The molecule has 12 amide bonds. The van der Waals surface area contributed by atoms with Crippen molar-refractivity contribution in [2.24, 2.45) is 35.3 Å². The lowest BCUT2D eigenvalue weighted by atomic mass is 9.89. The van der Waals surface area contributed by atoms with E-state index in [1.165, 1.54) is 31.2 Å². The fourth-order valence-electron chi connectivity index (χ4n) is 11.9. The summed E-state index contributed by atoms with van der Waals surface area (Å²) < 4.78 is 17.8. The van der Waals surface area contributed by atoms with E-state index in [-0.39, 0.29) is 98.8 Å². The summed E-state index contributed by atoms with van der Waals surface area (Å²) in [6.45, 7) is 19.0. The van der Waals surface area contributed by atoms with E-state index in [0.717, 1.165) is 16.9 Å². The zero-order valence-corrected chi connectivity index (χ0v) is 56.4. The van der Waals surface area contributed by atoms with Crippen molar-refractivity contribution >= 4 is 71.0 Å². The van der Waals surface area contributed by atoms with Crippen molar-refractivity contribution in [1.29, 1.82) is 0 Å². The third kappa shape index (κ3) is 22.4. The van der Waals surface area contributed by atoms with Gasteiger partial charge in [0, 0.05) is 72.2 Å². The number of carbonyl (C=O) groups excluding carboxylic acids is 11. The number of methoxy groups -OCH3 is 2. The summed E-state index contributed by atoms with van der Waals surface area (Å²) in [6, 6.07) is 9.86. The van der Waals surface area contributed by atoms with Crippen LogP contribution in [0.2, 0.25) is 0 Å². The van der Waals surface area contributed by atoms with Crippen molar-refractivity contribution in [3.8, 4) is 0 Å². The van der Waals surface area contributed by atoms with Gasteiger partial charge in [-0.05, 0) is 92.4 Å². The van der Waals surface area contributed by atoms with Crippen molar-refractivity contribution in [3.05, 3.63) is 77.9 Å². The largest absolute Gasteiger partial charge is 0.445 e. The average Bonchev–Trinajstić information content (AvgIpc) is 2.01. The van der Waals surface area contributed by atoms with Crippen molar-refractivity contribution < 1.29 is 67.0 Å². The fourth-order valence-corrected chi connectivity index (χ4v) is 11.9. The van der Waals surface area contributed by atoms with Crippen molar-refractivity contribution in [1.82, 2.24) is 46.2 Å². The molecule has 0 aromatic heterocycles.